The largest absolute Gasteiger partial charge is 0.333 e. The van der Waals surface area contributed by atoms with E-state index in [1.165, 1.54) is 0 Å². The molecular formula is C11H18ClN3O2. The molecule has 3 amide bonds. The number of hydrogen-bond acceptors (Lipinski definition) is 3. The van der Waals surface area contributed by atoms with Crippen LogP contribution in [0.15, 0.2) is 0 Å². The molecule has 2 bridgehead atoms. The molecule has 3 saturated heterocycles. The molecule has 2 N–H and O–H groups in total. The zero-order valence-corrected chi connectivity index (χ0v) is 10.7. The van der Waals surface area contributed by atoms with Crippen molar-refractivity contribution in [3.05, 3.63) is 0 Å². The maximum atomic E-state index is 11.6. The Morgan fingerprint density at radius 3 is 2.47 bits per heavy atom. The summed E-state index contributed by atoms with van der Waals surface area (Å²) >= 11 is 5.58. The summed E-state index contributed by atoms with van der Waals surface area (Å²) < 4.78 is 0. The van der Waals surface area contributed by atoms with Crippen LogP contribution in [0.3, 0.4) is 0 Å². The second-order valence-electron chi connectivity index (χ2n) is 4.82. The molecule has 17 heavy (non-hydrogen) atoms. The highest BCUT2D eigenvalue weighted by atomic mass is 35.5. The van der Waals surface area contributed by atoms with Gasteiger partial charge in [-0.15, -0.1) is 11.6 Å². The Balaban J connectivity index is 1.81. The predicted molar refractivity (Wildman–Crippen MR) is 64.9 cm³/mol. The molecule has 5 nitrogen and oxygen atoms in total. The zero-order chi connectivity index (χ0) is 12.4. The molecule has 3 aliphatic rings. The third kappa shape index (κ3) is 3.10. The minimum atomic E-state index is -0.688. The van der Waals surface area contributed by atoms with Crippen molar-refractivity contribution in [1.29, 1.82) is 0 Å². The maximum Gasteiger partial charge on any atom is 0.321 e. The van der Waals surface area contributed by atoms with Gasteiger partial charge >= 0.3 is 6.03 Å². The van der Waals surface area contributed by atoms with Gasteiger partial charge in [0.05, 0.1) is 0 Å². The monoisotopic (exact) mass is 259 g/mol. The highest BCUT2D eigenvalue weighted by molar-refractivity contribution is 6.31. The summed E-state index contributed by atoms with van der Waals surface area (Å²) in [5.74, 6) is 0.0970. The van der Waals surface area contributed by atoms with Crippen molar-refractivity contribution in [2.45, 2.75) is 31.2 Å². The van der Waals surface area contributed by atoms with Gasteiger partial charge in [0.1, 0.15) is 5.38 Å². The molecule has 0 aromatic rings. The number of fused-ring (bicyclic) bond motifs is 3. The standard InChI is InChI=1S/C11H18ClN3O2/c1-7(12)10(16)14-11(17)13-9-6-15-4-2-8(9)3-5-15/h7-9H,2-6H2,1H3,(H2,13,14,16,17). The van der Waals surface area contributed by atoms with E-state index in [4.69, 9.17) is 11.6 Å². The van der Waals surface area contributed by atoms with Gasteiger partial charge in [0.25, 0.3) is 0 Å². The van der Waals surface area contributed by atoms with Crippen LogP contribution in [0.5, 0.6) is 0 Å². The molecular weight excluding hydrogens is 242 g/mol. The van der Waals surface area contributed by atoms with Gasteiger partial charge in [-0.05, 0) is 38.8 Å². The number of carbonyl (C=O) groups is 2. The Morgan fingerprint density at radius 1 is 1.35 bits per heavy atom. The number of nitrogens with zero attached hydrogens (tertiary/aromatic N) is 1. The number of alkyl halides is 1. The number of piperidine rings is 3. The first-order valence-corrected chi connectivity index (χ1v) is 6.47. The number of rotatable bonds is 2. The van der Waals surface area contributed by atoms with Gasteiger partial charge in [-0.25, -0.2) is 4.79 Å². The number of amides is 3. The van der Waals surface area contributed by atoms with Crippen molar-refractivity contribution in [2.24, 2.45) is 5.92 Å². The number of imide groups is 1. The average molecular weight is 260 g/mol. The van der Waals surface area contributed by atoms with E-state index in [9.17, 15) is 9.59 Å². The van der Waals surface area contributed by atoms with E-state index in [-0.39, 0.29) is 6.04 Å². The Hall–Kier alpha value is -0.810. The maximum absolute atomic E-state index is 11.6. The van der Waals surface area contributed by atoms with Crippen molar-refractivity contribution in [3.63, 3.8) is 0 Å². The lowest BCUT2D eigenvalue weighted by molar-refractivity contribution is -0.119. The van der Waals surface area contributed by atoms with Crippen molar-refractivity contribution in [2.75, 3.05) is 19.6 Å². The molecule has 2 unspecified atom stereocenters. The van der Waals surface area contributed by atoms with Gasteiger partial charge in [0, 0.05) is 12.6 Å². The molecule has 6 heteroatoms. The minimum Gasteiger partial charge on any atom is -0.333 e. The molecule has 3 rings (SSSR count). The normalized spacial score (nSPS) is 32.9. The van der Waals surface area contributed by atoms with Gasteiger partial charge in [-0.1, -0.05) is 0 Å². The smallest absolute Gasteiger partial charge is 0.321 e. The van der Waals surface area contributed by atoms with E-state index in [1.807, 2.05) is 0 Å². The van der Waals surface area contributed by atoms with Crippen LogP contribution < -0.4 is 10.6 Å². The molecule has 96 valence electrons. The van der Waals surface area contributed by atoms with Crippen LogP contribution in [-0.4, -0.2) is 47.9 Å². The fourth-order valence-electron chi connectivity index (χ4n) is 2.54. The third-order valence-corrected chi connectivity index (χ3v) is 3.77. The van der Waals surface area contributed by atoms with E-state index < -0.39 is 17.3 Å². The Kier molecular flexibility index (Phi) is 3.89. The number of urea groups is 1. The van der Waals surface area contributed by atoms with Crippen LogP contribution in [0, 0.1) is 5.92 Å². The lowest BCUT2D eigenvalue weighted by Gasteiger charge is -2.44. The summed E-state index contributed by atoms with van der Waals surface area (Å²) in [6.45, 7) is 4.69. The van der Waals surface area contributed by atoms with Crippen molar-refractivity contribution >= 4 is 23.5 Å². The second kappa shape index (κ2) is 5.23. The summed E-state index contributed by atoms with van der Waals surface area (Å²) in [6, 6.07) is -0.266. The number of hydrogen-bond donors (Lipinski definition) is 2. The molecule has 0 aromatic carbocycles. The first-order chi connectivity index (χ1) is 8.06. The van der Waals surface area contributed by atoms with Crippen LogP contribution in [-0.2, 0) is 4.79 Å². The van der Waals surface area contributed by atoms with E-state index in [2.05, 4.69) is 15.5 Å². The summed E-state index contributed by atoms with van der Waals surface area (Å²) in [4.78, 5) is 25.2. The van der Waals surface area contributed by atoms with Crippen LogP contribution >= 0.6 is 11.6 Å². The van der Waals surface area contributed by atoms with Crippen molar-refractivity contribution < 1.29 is 9.59 Å². The Morgan fingerprint density at radius 2 is 2.00 bits per heavy atom. The highest BCUT2D eigenvalue weighted by Gasteiger charge is 2.35. The fraction of sp³-hybridized carbons (Fsp3) is 0.818. The molecule has 0 aliphatic carbocycles. The van der Waals surface area contributed by atoms with Gasteiger partial charge in [0.2, 0.25) is 5.91 Å². The molecule has 0 saturated carbocycles. The SMILES string of the molecule is CC(Cl)C(=O)NC(=O)NC1CN2CCC1CC2. The van der Waals surface area contributed by atoms with Gasteiger partial charge in [-0.2, -0.15) is 0 Å². The van der Waals surface area contributed by atoms with E-state index >= 15 is 0 Å². The van der Waals surface area contributed by atoms with Crippen LogP contribution in [0.25, 0.3) is 0 Å². The molecule has 0 radical (unpaired) electrons. The molecule has 2 atom stereocenters. The van der Waals surface area contributed by atoms with Crippen molar-refractivity contribution in [1.82, 2.24) is 15.5 Å². The zero-order valence-electron chi connectivity index (χ0n) is 9.91. The van der Waals surface area contributed by atoms with Crippen LogP contribution in [0.4, 0.5) is 4.79 Å². The molecule has 0 aromatic heterocycles. The lowest BCUT2D eigenvalue weighted by atomic mass is 9.84. The van der Waals surface area contributed by atoms with E-state index in [0.29, 0.717) is 5.92 Å². The second-order valence-corrected chi connectivity index (χ2v) is 5.48. The lowest BCUT2D eigenvalue weighted by Crippen LogP contribution is -2.59. The minimum absolute atomic E-state index is 0.163. The van der Waals surface area contributed by atoms with Crippen LogP contribution in [0.1, 0.15) is 19.8 Å². The van der Waals surface area contributed by atoms with E-state index in [0.717, 1.165) is 32.5 Å². The molecule has 3 fully saturated rings. The number of halogens is 1. The topological polar surface area (TPSA) is 61.4 Å². The van der Waals surface area contributed by atoms with Crippen LogP contribution in [0.2, 0.25) is 0 Å². The van der Waals surface area contributed by atoms with Gasteiger partial charge in [0.15, 0.2) is 0 Å². The summed E-state index contributed by atoms with van der Waals surface area (Å²) in [5, 5.41) is 4.42. The quantitative estimate of drug-likeness (QED) is 0.712. The first-order valence-electron chi connectivity index (χ1n) is 6.04. The number of nitrogens with one attached hydrogen (secondary N) is 2. The third-order valence-electron chi connectivity index (χ3n) is 3.57. The van der Waals surface area contributed by atoms with Crippen molar-refractivity contribution in [3.8, 4) is 0 Å². The summed E-state index contributed by atoms with van der Waals surface area (Å²) in [7, 11) is 0. The molecule has 3 aliphatic heterocycles. The Labute approximate surface area is 106 Å². The highest BCUT2D eigenvalue weighted by Crippen LogP contribution is 2.27. The van der Waals surface area contributed by atoms with E-state index in [1.54, 1.807) is 6.92 Å². The first kappa shape index (κ1) is 12.6. The summed E-state index contributed by atoms with van der Waals surface area (Å²) in [6.07, 6.45) is 2.26. The fourth-order valence-corrected chi connectivity index (χ4v) is 2.60. The molecule has 3 heterocycles. The summed E-state index contributed by atoms with van der Waals surface area (Å²) in [5.41, 5.74) is 0. The van der Waals surface area contributed by atoms with Gasteiger partial charge in [-0.3, -0.25) is 10.1 Å². The van der Waals surface area contributed by atoms with Gasteiger partial charge < -0.3 is 10.2 Å². The number of carbonyl (C=O) groups excluding carboxylic acids is 2. The Bertz CT molecular complexity index is 314. The predicted octanol–water partition coefficient (Wildman–Crippen LogP) is 0.534. The average Bonchev–Trinajstić information content (AvgIpc) is 2.30. The molecule has 0 spiro atoms.